The highest BCUT2D eigenvalue weighted by Gasteiger charge is 2.09. The predicted molar refractivity (Wildman–Crippen MR) is 83.8 cm³/mol. The SMILES string of the molecule is Cc1nc2ccccc2nc1-c1cccc(C(C)C)c1. The number of hydrogen-bond donors (Lipinski definition) is 0. The molecule has 2 heteroatoms. The number of hydrogen-bond acceptors (Lipinski definition) is 2. The number of aromatic nitrogens is 2. The number of aryl methyl sites for hydroxylation is 1. The zero-order chi connectivity index (χ0) is 14.1. The van der Waals surface area contributed by atoms with E-state index >= 15 is 0 Å². The molecule has 0 bridgehead atoms. The van der Waals surface area contributed by atoms with Gasteiger partial charge in [0.05, 0.1) is 22.4 Å². The van der Waals surface area contributed by atoms with Crippen LogP contribution in [0, 0.1) is 6.92 Å². The van der Waals surface area contributed by atoms with Crippen LogP contribution in [-0.4, -0.2) is 9.97 Å². The molecule has 1 heterocycles. The van der Waals surface area contributed by atoms with Crippen LogP contribution in [-0.2, 0) is 0 Å². The van der Waals surface area contributed by atoms with Gasteiger partial charge in [0.1, 0.15) is 0 Å². The van der Waals surface area contributed by atoms with E-state index in [1.807, 2.05) is 31.2 Å². The number of benzene rings is 2. The van der Waals surface area contributed by atoms with Crippen LogP contribution in [0.15, 0.2) is 48.5 Å². The van der Waals surface area contributed by atoms with Gasteiger partial charge in [0.2, 0.25) is 0 Å². The Bertz CT molecular complexity index is 760. The maximum atomic E-state index is 4.78. The largest absolute Gasteiger partial charge is 0.249 e. The summed E-state index contributed by atoms with van der Waals surface area (Å²) >= 11 is 0. The van der Waals surface area contributed by atoms with Gasteiger partial charge in [-0.25, -0.2) is 9.97 Å². The molecule has 0 saturated heterocycles. The summed E-state index contributed by atoms with van der Waals surface area (Å²) in [4.78, 5) is 9.45. The molecule has 0 N–H and O–H groups in total. The van der Waals surface area contributed by atoms with E-state index in [9.17, 15) is 0 Å². The van der Waals surface area contributed by atoms with Crippen LogP contribution in [0.3, 0.4) is 0 Å². The monoisotopic (exact) mass is 262 g/mol. The lowest BCUT2D eigenvalue weighted by Crippen LogP contribution is -1.95. The van der Waals surface area contributed by atoms with Crippen LogP contribution in [0.2, 0.25) is 0 Å². The molecule has 0 spiro atoms. The minimum absolute atomic E-state index is 0.517. The van der Waals surface area contributed by atoms with Crippen molar-refractivity contribution in [2.75, 3.05) is 0 Å². The zero-order valence-electron chi connectivity index (χ0n) is 12.1. The van der Waals surface area contributed by atoms with E-state index in [0.29, 0.717) is 5.92 Å². The Kier molecular flexibility index (Phi) is 3.23. The third-order valence-electron chi connectivity index (χ3n) is 3.57. The molecule has 2 nitrogen and oxygen atoms in total. The highest BCUT2D eigenvalue weighted by atomic mass is 14.8. The Balaban J connectivity index is 2.18. The fraction of sp³-hybridized carbons (Fsp3) is 0.222. The molecule has 20 heavy (non-hydrogen) atoms. The molecule has 1 aromatic heterocycles. The quantitative estimate of drug-likeness (QED) is 0.667. The second-order valence-corrected chi connectivity index (χ2v) is 5.43. The van der Waals surface area contributed by atoms with Gasteiger partial charge in [0.25, 0.3) is 0 Å². The van der Waals surface area contributed by atoms with Gasteiger partial charge in [-0.1, -0.05) is 44.2 Å². The van der Waals surface area contributed by atoms with E-state index in [0.717, 1.165) is 28.0 Å². The van der Waals surface area contributed by atoms with Gasteiger partial charge in [0, 0.05) is 5.56 Å². The topological polar surface area (TPSA) is 25.8 Å². The zero-order valence-corrected chi connectivity index (χ0v) is 12.1. The van der Waals surface area contributed by atoms with Crippen molar-refractivity contribution in [2.24, 2.45) is 0 Å². The summed E-state index contributed by atoms with van der Waals surface area (Å²) in [5.74, 6) is 0.517. The van der Waals surface area contributed by atoms with Crippen LogP contribution in [0.25, 0.3) is 22.3 Å². The number of fused-ring (bicyclic) bond motifs is 1. The van der Waals surface area contributed by atoms with Gasteiger partial charge in [-0.05, 0) is 36.6 Å². The lowest BCUT2D eigenvalue weighted by Gasteiger charge is -2.10. The number of rotatable bonds is 2. The average Bonchev–Trinajstić information content (AvgIpc) is 2.46. The van der Waals surface area contributed by atoms with E-state index in [4.69, 9.17) is 4.98 Å². The third-order valence-corrected chi connectivity index (χ3v) is 3.57. The maximum Gasteiger partial charge on any atom is 0.0922 e. The first-order valence-electron chi connectivity index (χ1n) is 6.99. The van der Waals surface area contributed by atoms with E-state index in [2.05, 4.69) is 43.1 Å². The lowest BCUT2D eigenvalue weighted by atomic mass is 9.99. The molecule has 0 unspecified atom stereocenters. The summed E-state index contributed by atoms with van der Waals surface area (Å²) in [6, 6.07) is 16.6. The number of para-hydroxylation sites is 2. The summed E-state index contributed by atoms with van der Waals surface area (Å²) in [5.41, 5.74) is 6.33. The van der Waals surface area contributed by atoms with Gasteiger partial charge in [-0.15, -0.1) is 0 Å². The molecule has 3 rings (SSSR count). The van der Waals surface area contributed by atoms with Crippen molar-refractivity contribution >= 4 is 11.0 Å². The van der Waals surface area contributed by atoms with Crippen LogP contribution in [0.1, 0.15) is 31.0 Å². The summed E-state index contributed by atoms with van der Waals surface area (Å²) in [7, 11) is 0. The summed E-state index contributed by atoms with van der Waals surface area (Å²) in [6.45, 7) is 6.44. The molecular formula is C18H18N2. The first-order valence-corrected chi connectivity index (χ1v) is 6.99. The van der Waals surface area contributed by atoms with E-state index in [1.165, 1.54) is 5.56 Å². The predicted octanol–water partition coefficient (Wildman–Crippen LogP) is 4.73. The fourth-order valence-electron chi connectivity index (χ4n) is 2.41. The Morgan fingerprint density at radius 3 is 2.25 bits per heavy atom. The Hall–Kier alpha value is -2.22. The van der Waals surface area contributed by atoms with Crippen molar-refractivity contribution in [1.82, 2.24) is 9.97 Å². The maximum absolute atomic E-state index is 4.78. The minimum Gasteiger partial charge on any atom is -0.249 e. The van der Waals surface area contributed by atoms with Crippen LogP contribution in [0.4, 0.5) is 0 Å². The molecule has 0 aliphatic rings. The van der Waals surface area contributed by atoms with Crippen molar-refractivity contribution in [3.63, 3.8) is 0 Å². The minimum atomic E-state index is 0.517. The Labute approximate surface area is 119 Å². The Morgan fingerprint density at radius 2 is 1.55 bits per heavy atom. The average molecular weight is 262 g/mol. The highest BCUT2D eigenvalue weighted by Crippen LogP contribution is 2.25. The van der Waals surface area contributed by atoms with Gasteiger partial charge < -0.3 is 0 Å². The van der Waals surface area contributed by atoms with Crippen molar-refractivity contribution < 1.29 is 0 Å². The molecule has 3 aromatic rings. The summed E-state index contributed by atoms with van der Waals surface area (Å²) in [6.07, 6.45) is 0. The molecule has 0 saturated carbocycles. The summed E-state index contributed by atoms with van der Waals surface area (Å²) in [5, 5.41) is 0. The van der Waals surface area contributed by atoms with E-state index in [-0.39, 0.29) is 0 Å². The molecular weight excluding hydrogens is 244 g/mol. The normalized spacial score (nSPS) is 11.2. The molecule has 0 fully saturated rings. The molecule has 0 amide bonds. The smallest absolute Gasteiger partial charge is 0.0922 e. The fourth-order valence-corrected chi connectivity index (χ4v) is 2.41. The molecule has 2 aromatic carbocycles. The first kappa shape index (κ1) is 12.8. The van der Waals surface area contributed by atoms with Gasteiger partial charge in [-0.2, -0.15) is 0 Å². The molecule has 0 atom stereocenters. The van der Waals surface area contributed by atoms with Crippen LogP contribution < -0.4 is 0 Å². The van der Waals surface area contributed by atoms with Crippen LogP contribution >= 0.6 is 0 Å². The lowest BCUT2D eigenvalue weighted by molar-refractivity contribution is 0.867. The Morgan fingerprint density at radius 1 is 0.850 bits per heavy atom. The molecule has 0 aliphatic carbocycles. The molecule has 100 valence electrons. The van der Waals surface area contributed by atoms with Gasteiger partial charge in [-0.3, -0.25) is 0 Å². The molecule has 0 aliphatic heterocycles. The molecule has 0 radical (unpaired) electrons. The highest BCUT2D eigenvalue weighted by molar-refractivity contribution is 5.78. The van der Waals surface area contributed by atoms with E-state index < -0.39 is 0 Å². The van der Waals surface area contributed by atoms with Crippen molar-refractivity contribution in [1.29, 1.82) is 0 Å². The second kappa shape index (κ2) is 5.04. The number of nitrogens with zero attached hydrogens (tertiary/aromatic N) is 2. The van der Waals surface area contributed by atoms with Gasteiger partial charge in [0.15, 0.2) is 0 Å². The van der Waals surface area contributed by atoms with E-state index in [1.54, 1.807) is 0 Å². The third kappa shape index (κ3) is 2.29. The standard InChI is InChI=1S/C18H18N2/c1-12(2)14-7-6-8-15(11-14)18-13(3)19-16-9-4-5-10-17(16)20-18/h4-12H,1-3H3. The van der Waals surface area contributed by atoms with Crippen molar-refractivity contribution in [3.05, 3.63) is 59.8 Å². The van der Waals surface area contributed by atoms with Gasteiger partial charge >= 0.3 is 0 Å². The van der Waals surface area contributed by atoms with Crippen molar-refractivity contribution in [2.45, 2.75) is 26.7 Å². The summed E-state index contributed by atoms with van der Waals surface area (Å²) < 4.78 is 0. The first-order chi connectivity index (χ1) is 9.65. The van der Waals surface area contributed by atoms with Crippen LogP contribution in [0.5, 0.6) is 0 Å². The second-order valence-electron chi connectivity index (χ2n) is 5.43. The van der Waals surface area contributed by atoms with Crippen molar-refractivity contribution in [3.8, 4) is 11.3 Å².